The molecule has 0 aliphatic carbocycles. The summed E-state index contributed by atoms with van der Waals surface area (Å²) in [6.45, 7) is 0. The average molecular weight is 240 g/mol. The van der Waals surface area contributed by atoms with Crippen LogP contribution in [0.4, 0.5) is 18.9 Å². The zero-order valence-corrected chi connectivity index (χ0v) is 7.86. The fourth-order valence-electron chi connectivity index (χ4n) is 0.821. The van der Waals surface area contributed by atoms with Crippen molar-refractivity contribution in [3.8, 4) is 5.75 Å². The summed E-state index contributed by atoms with van der Waals surface area (Å²) in [6.07, 6.45) is -5.02. The molecule has 0 spiro atoms. The Balaban J connectivity index is 2.95. The molecule has 1 aromatic rings. The standard InChI is InChI=1S/C8H5ClF3NO2/c9-4-2-1-3-5(14)6(4)13-7(15)8(10,11)12/h1-3,14H,(H,13,15). The molecule has 0 saturated heterocycles. The molecule has 0 radical (unpaired) electrons. The van der Waals surface area contributed by atoms with Gasteiger partial charge in [-0.15, -0.1) is 0 Å². The maximum absolute atomic E-state index is 11.9. The van der Waals surface area contributed by atoms with E-state index in [2.05, 4.69) is 0 Å². The number of benzene rings is 1. The van der Waals surface area contributed by atoms with Crippen molar-refractivity contribution in [2.75, 3.05) is 5.32 Å². The number of anilines is 1. The first-order valence-corrected chi connectivity index (χ1v) is 4.06. The third kappa shape index (κ3) is 2.76. The SMILES string of the molecule is O=C(Nc1c(O)cccc1Cl)C(F)(F)F. The molecule has 0 atom stereocenters. The molecule has 0 aliphatic heterocycles. The van der Waals surface area contributed by atoms with Crippen molar-refractivity contribution in [3.05, 3.63) is 23.2 Å². The van der Waals surface area contributed by atoms with Crippen LogP contribution >= 0.6 is 11.6 Å². The van der Waals surface area contributed by atoms with Crippen LogP contribution in [0.15, 0.2) is 18.2 Å². The molecule has 3 nitrogen and oxygen atoms in total. The maximum atomic E-state index is 11.9. The number of carbonyl (C=O) groups excluding carboxylic acids is 1. The Hall–Kier alpha value is -1.43. The molecule has 1 amide bonds. The molecule has 0 bridgehead atoms. The zero-order valence-electron chi connectivity index (χ0n) is 7.10. The van der Waals surface area contributed by atoms with Crippen LogP contribution in [0.3, 0.4) is 0 Å². The van der Waals surface area contributed by atoms with Gasteiger partial charge in [0.1, 0.15) is 11.4 Å². The molecular weight excluding hydrogens is 235 g/mol. The first-order valence-electron chi connectivity index (χ1n) is 3.68. The van der Waals surface area contributed by atoms with Crippen molar-refractivity contribution >= 4 is 23.2 Å². The van der Waals surface area contributed by atoms with Crippen molar-refractivity contribution in [1.29, 1.82) is 0 Å². The average Bonchev–Trinajstić information content (AvgIpc) is 2.09. The first-order chi connectivity index (χ1) is 6.82. The van der Waals surface area contributed by atoms with Gasteiger partial charge in [-0.3, -0.25) is 4.79 Å². The molecule has 0 unspecified atom stereocenters. The number of rotatable bonds is 1. The van der Waals surface area contributed by atoms with E-state index in [0.29, 0.717) is 0 Å². The largest absolute Gasteiger partial charge is 0.506 e. The predicted molar refractivity (Wildman–Crippen MR) is 47.8 cm³/mol. The highest BCUT2D eigenvalue weighted by Crippen LogP contribution is 2.32. The second kappa shape index (κ2) is 3.98. The minimum Gasteiger partial charge on any atom is -0.506 e. The fraction of sp³-hybridized carbons (Fsp3) is 0.125. The number of hydrogen-bond acceptors (Lipinski definition) is 2. The molecule has 0 aromatic heterocycles. The number of aromatic hydroxyl groups is 1. The quantitative estimate of drug-likeness (QED) is 0.740. The Bertz CT molecular complexity index is 372. The minimum absolute atomic E-state index is 0.174. The lowest BCUT2D eigenvalue weighted by atomic mass is 10.3. The van der Waals surface area contributed by atoms with Gasteiger partial charge in [-0.1, -0.05) is 17.7 Å². The monoisotopic (exact) mass is 239 g/mol. The second-order valence-electron chi connectivity index (χ2n) is 2.59. The summed E-state index contributed by atoms with van der Waals surface area (Å²) in [5.74, 6) is -2.72. The third-order valence-electron chi connectivity index (χ3n) is 1.49. The molecule has 0 aliphatic rings. The van der Waals surface area contributed by atoms with Crippen molar-refractivity contribution < 1.29 is 23.1 Å². The lowest BCUT2D eigenvalue weighted by Gasteiger charge is -2.10. The van der Waals surface area contributed by atoms with Gasteiger partial charge in [-0.05, 0) is 12.1 Å². The first kappa shape index (κ1) is 11.6. The molecule has 15 heavy (non-hydrogen) atoms. The number of para-hydroxylation sites is 1. The Kier molecular flexibility index (Phi) is 3.09. The summed E-state index contributed by atoms with van der Waals surface area (Å²) >= 11 is 5.48. The summed E-state index contributed by atoms with van der Waals surface area (Å²) < 4.78 is 35.6. The normalized spacial score (nSPS) is 11.2. The van der Waals surface area contributed by atoms with Gasteiger partial charge < -0.3 is 10.4 Å². The Morgan fingerprint density at radius 3 is 2.47 bits per heavy atom. The summed E-state index contributed by atoms with van der Waals surface area (Å²) in [6, 6.07) is 3.69. The smallest absolute Gasteiger partial charge is 0.471 e. The highest BCUT2D eigenvalue weighted by molar-refractivity contribution is 6.34. The van der Waals surface area contributed by atoms with E-state index in [0.717, 1.165) is 6.07 Å². The topological polar surface area (TPSA) is 49.3 Å². The number of halogens is 4. The van der Waals surface area contributed by atoms with Crippen LogP contribution in [0.25, 0.3) is 0 Å². The highest BCUT2D eigenvalue weighted by Gasteiger charge is 2.39. The van der Waals surface area contributed by atoms with E-state index in [1.54, 1.807) is 0 Å². The van der Waals surface area contributed by atoms with Crippen LogP contribution in [-0.4, -0.2) is 17.2 Å². The summed E-state index contributed by atoms with van der Waals surface area (Å²) in [7, 11) is 0. The lowest BCUT2D eigenvalue weighted by molar-refractivity contribution is -0.167. The molecule has 0 fully saturated rings. The van der Waals surface area contributed by atoms with E-state index in [-0.39, 0.29) is 5.02 Å². The molecule has 7 heteroatoms. The summed E-state index contributed by atoms with van der Waals surface area (Å²) in [5.41, 5.74) is -0.457. The van der Waals surface area contributed by atoms with Crippen molar-refractivity contribution in [2.24, 2.45) is 0 Å². The van der Waals surface area contributed by atoms with Crippen LogP contribution in [0.5, 0.6) is 5.75 Å². The van der Waals surface area contributed by atoms with E-state index in [4.69, 9.17) is 16.7 Å². The lowest BCUT2D eigenvalue weighted by Crippen LogP contribution is -2.30. The van der Waals surface area contributed by atoms with Crippen LogP contribution in [0.2, 0.25) is 5.02 Å². The van der Waals surface area contributed by atoms with E-state index in [9.17, 15) is 18.0 Å². The number of phenolic OH excluding ortho intramolecular Hbond substituents is 1. The van der Waals surface area contributed by atoms with E-state index in [1.807, 2.05) is 0 Å². The molecule has 82 valence electrons. The molecule has 1 rings (SSSR count). The Labute approximate surface area is 87.5 Å². The molecule has 1 aromatic carbocycles. The van der Waals surface area contributed by atoms with Gasteiger partial charge in [-0.2, -0.15) is 13.2 Å². The molecule has 2 N–H and O–H groups in total. The number of phenols is 1. The van der Waals surface area contributed by atoms with Crippen molar-refractivity contribution in [2.45, 2.75) is 6.18 Å². The number of hydrogen-bond donors (Lipinski definition) is 2. The predicted octanol–water partition coefficient (Wildman–Crippen LogP) is 2.55. The second-order valence-corrected chi connectivity index (χ2v) is 2.99. The number of carbonyl (C=O) groups is 1. The van der Waals surface area contributed by atoms with Crippen LogP contribution in [-0.2, 0) is 4.79 Å². The maximum Gasteiger partial charge on any atom is 0.471 e. The Morgan fingerprint density at radius 1 is 1.40 bits per heavy atom. The van der Waals surface area contributed by atoms with Crippen LogP contribution in [0.1, 0.15) is 0 Å². The van der Waals surface area contributed by atoms with Gasteiger partial charge in [0.2, 0.25) is 0 Å². The van der Waals surface area contributed by atoms with Gasteiger partial charge in [0.05, 0.1) is 5.02 Å². The van der Waals surface area contributed by atoms with Crippen LogP contribution in [0, 0.1) is 0 Å². The number of alkyl halides is 3. The number of amides is 1. The minimum atomic E-state index is -5.02. The molecular formula is C8H5ClF3NO2. The van der Waals surface area contributed by atoms with Gasteiger partial charge in [0.15, 0.2) is 0 Å². The van der Waals surface area contributed by atoms with E-state index in [1.165, 1.54) is 17.4 Å². The highest BCUT2D eigenvalue weighted by atomic mass is 35.5. The van der Waals surface area contributed by atoms with E-state index < -0.39 is 23.5 Å². The van der Waals surface area contributed by atoms with E-state index >= 15 is 0 Å². The summed E-state index contributed by atoms with van der Waals surface area (Å²) in [5, 5.41) is 10.4. The number of nitrogens with one attached hydrogen (secondary N) is 1. The molecule has 0 heterocycles. The van der Waals surface area contributed by atoms with Gasteiger partial charge in [0.25, 0.3) is 0 Å². The zero-order chi connectivity index (χ0) is 11.6. The van der Waals surface area contributed by atoms with Gasteiger partial charge >= 0.3 is 12.1 Å². The Morgan fingerprint density at radius 2 is 2.00 bits per heavy atom. The van der Waals surface area contributed by atoms with Gasteiger partial charge in [0, 0.05) is 0 Å². The van der Waals surface area contributed by atoms with Crippen LogP contribution < -0.4 is 5.32 Å². The van der Waals surface area contributed by atoms with Crippen molar-refractivity contribution in [3.63, 3.8) is 0 Å². The van der Waals surface area contributed by atoms with Crippen molar-refractivity contribution in [1.82, 2.24) is 0 Å². The van der Waals surface area contributed by atoms with Gasteiger partial charge in [-0.25, -0.2) is 0 Å². The molecule has 0 saturated carbocycles. The fourth-order valence-corrected chi connectivity index (χ4v) is 1.04. The third-order valence-corrected chi connectivity index (χ3v) is 1.80. The summed E-state index contributed by atoms with van der Waals surface area (Å²) in [4.78, 5) is 10.5.